The van der Waals surface area contributed by atoms with Gasteiger partial charge in [0.05, 0.1) is 5.60 Å². The molecule has 0 aromatic heterocycles. The number of allylic oxidation sites excluding steroid dienone is 2. The highest BCUT2D eigenvalue weighted by atomic mass is 16.3. The molecule has 106 valence electrons. The minimum absolute atomic E-state index is 0.136. The molecule has 0 aliphatic rings. The van der Waals surface area contributed by atoms with Crippen molar-refractivity contribution in [3.63, 3.8) is 0 Å². The van der Waals surface area contributed by atoms with Crippen molar-refractivity contribution >= 4 is 0 Å². The van der Waals surface area contributed by atoms with Gasteiger partial charge in [-0.3, -0.25) is 0 Å². The molecule has 3 nitrogen and oxygen atoms in total. The maximum absolute atomic E-state index is 10.3. The van der Waals surface area contributed by atoms with Crippen LogP contribution in [0, 0.1) is 0 Å². The fraction of sp³-hybridized carbons (Fsp3) is 0.500. The van der Waals surface area contributed by atoms with E-state index in [1.54, 1.807) is 6.07 Å². The van der Waals surface area contributed by atoms with E-state index in [2.05, 4.69) is 6.08 Å². The molecular formula is C16H24O3. The van der Waals surface area contributed by atoms with E-state index in [-0.39, 0.29) is 11.5 Å². The van der Waals surface area contributed by atoms with Crippen LogP contribution in [0.15, 0.2) is 29.8 Å². The first-order valence-corrected chi connectivity index (χ1v) is 6.67. The molecule has 0 aliphatic heterocycles. The fourth-order valence-corrected chi connectivity index (χ4v) is 1.97. The van der Waals surface area contributed by atoms with Crippen LogP contribution in [-0.2, 0) is 6.42 Å². The van der Waals surface area contributed by atoms with Gasteiger partial charge in [0, 0.05) is 0 Å². The molecular weight excluding hydrogens is 240 g/mol. The van der Waals surface area contributed by atoms with Crippen LogP contribution >= 0.6 is 0 Å². The van der Waals surface area contributed by atoms with Gasteiger partial charge in [-0.15, -0.1) is 0 Å². The third kappa shape index (κ3) is 5.79. The Morgan fingerprint density at radius 2 is 1.89 bits per heavy atom. The molecule has 0 radical (unpaired) electrons. The Labute approximate surface area is 115 Å². The molecule has 19 heavy (non-hydrogen) atoms. The molecule has 0 fully saturated rings. The van der Waals surface area contributed by atoms with Gasteiger partial charge in [0.25, 0.3) is 0 Å². The zero-order chi connectivity index (χ0) is 14.5. The van der Waals surface area contributed by atoms with Crippen LogP contribution in [0.3, 0.4) is 0 Å². The summed E-state index contributed by atoms with van der Waals surface area (Å²) in [7, 11) is 0. The normalized spacial score (nSPS) is 13.9. The van der Waals surface area contributed by atoms with Gasteiger partial charge in [0.15, 0.2) is 0 Å². The third-order valence-electron chi connectivity index (χ3n) is 3.23. The van der Waals surface area contributed by atoms with Crippen molar-refractivity contribution in [2.75, 3.05) is 0 Å². The van der Waals surface area contributed by atoms with Crippen molar-refractivity contribution in [2.45, 2.75) is 52.1 Å². The smallest absolute Gasteiger partial charge is 0.119 e. The summed E-state index contributed by atoms with van der Waals surface area (Å²) in [6.45, 7) is 5.89. The highest BCUT2D eigenvalue weighted by Gasteiger charge is 2.19. The van der Waals surface area contributed by atoms with Crippen LogP contribution in [0.25, 0.3) is 0 Å². The number of hydrogen-bond acceptors (Lipinski definition) is 3. The second-order valence-corrected chi connectivity index (χ2v) is 5.63. The molecule has 0 heterocycles. The number of phenolic OH excluding ortho intramolecular Hbond substituents is 2. The Kier molecular flexibility index (Phi) is 5.43. The highest BCUT2D eigenvalue weighted by molar-refractivity contribution is 5.38. The predicted molar refractivity (Wildman–Crippen MR) is 77.4 cm³/mol. The summed E-state index contributed by atoms with van der Waals surface area (Å²) in [5.74, 6) is 0.301. The predicted octanol–water partition coefficient (Wildman–Crippen LogP) is 3.53. The molecule has 1 aromatic rings. The first-order valence-electron chi connectivity index (χ1n) is 6.67. The molecule has 0 aliphatic carbocycles. The number of aliphatic hydroxyl groups is 1. The average Bonchev–Trinajstić information content (AvgIpc) is 2.30. The number of hydrogen-bond donors (Lipinski definition) is 3. The Hall–Kier alpha value is -1.48. The lowest BCUT2D eigenvalue weighted by molar-refractivity contribution is 0.0431. The number of aromatic hydroxyl groups is 2. The molecule has 1 aromatic carbocycles. The van der Waals surface area contributed by atoms with Gasteiger partial charge in [-0.2, -0.15) is 0 Å². The van der Waals surface area contributed by atoms with E-state index < -0.39 is 5.60 Å². The monoisotopic (exact) mass is 264 g/mol. The second kappa shape index (κ2) is 6.62. The van der Waals surface area contributed by atoms with Crippen LogP contribution in [0.4, 0.5) is 0 Å². The van der Waals surface area contributed by atoms with E-state index in [1.165, 1.54) is 17.7 Å². The van der Waals surface area contributed by atoms with Crippen LogP contribution in [0.2, 0.25) is 0 Å². The van der Waals surface area contributed by atoms with E-state index in [4.69, 9.17) is 0 Å². The molecule has 1 rings (SSSR count). The van der Waals surface area contributed by atoms with Gasteiger partial charge in [-0.05, 0) is 70.2 Å². The summed E-state index contributed by atoms with van der Waals surface area (Å²) < 4.78 is 0. The SMILES string of the molecule is CC(C)=CCCC(C)(O)CCc1cc(O)ccc1O. The summed E-state index contributed by atoms with van der Waals surface area (Å²) >= 11 is 0. The quantitative estimate of drug-likeness (QED) is 0.544. The number of aryl methyl sites for hydroxylation is 1. The standard InChI is InChI=1S/C16H24O3/c1-12(2)5-4-9-16(3,19)10-8-13-11-14(17)6-7-15(13)18/h5-7,11,17-19H,4,8-10H2,1-3H3. The fourth-order valence-electron chi connectivity index (χ4n) is 1.97. The first-order chi connectivity index (χ1) is 8.80. The van der Waals surface area contributed by atoms with E-state index in [1.807, 2.05) is 20.8 Å². The number of rotatable bonds is 6. The Morgan fingerprint density at radius 3 is 2.53 bits per heavy atom. The van der Waals surface area contributed by atoms with Gasteiger partial charge in [-0.1, -0.05) is 11.6 Å². The van der Waals surface area contributed by atoms with Gasteiger partial charge >= 0.3 is 0 Å². The van der Waals surface area contributed by atoms with Crippen molar-refractivity contribution in [1.29, 1.82) is 0 Å². The van der Waals surface area contributed by atoms with Gasteiger partial charge in [-0.25, -0.2) is 0 Å². The lowest BCUT2D eigenvalue weighted by atomic mass is 9.91. The molecule has 0 bridgehead atoms. The third-order valence-corrected chi connectivity index (χ3v) is 3.23. The van der Waals surface area contributed by atoms with Crippen molar-refractivity contribution in [2.24, 2.45) is 0 Å². The first kappa shape index (κ1) is 15.6. The Morgan fingerprint density at radius 1 is 1.21 bits per heavy atom. The Bertz CT molecular complexity index is 443. The van der Waals surface area contributed by atoms with Crippen molar-refractivity contribution in [3.05, 3.63) is 35.4 Å². The Balaban J connectivity index is 2.54. The molecule has 0 saturated carbocycles. The molecule has 3 N–H and O–H groups in total. The number of benzene rings is 1. The summed E-state index contributed by atoms with van der Waals surface area (Å²) in [6, 6.07) is 4.47. The van der Waals surface area contributed by atoms with Crippen LogP contribution in [-0.4, -0.2) is 20.9 Å². The average molecular weight is 264 g/mol. The maximum atomic E-state index is 10.3. The van der Waals surface area contributed by atoms with Crippen molar-refractivity contribution < 1.29 is 15.3 Å². The molecule has 1 unspecified atom stereocenters. The number of phenols is 2. The summed E-state index contributed by atoms with van der Waals surface area (Å²) in [5, 5.41) is 29.3. The zero-order valence-corrected chi connectivity index (χ0v) is 12.0. The molecule has 0 saturated heterocycles. The maximum Gasteiger partial charge on any atom is 0.119 e. The lowest BCUT2D eigenvalue weighted by Gasteiger charge is -2.23. The zero-order valence-electron chi connectivity index (χ0n) is 12.0. The van der Waals surface area contributed by atoms with Crippen LogP contribution in [0.1, 0.15) is 45.6 Å². The van der Waals surface area contributed by atoms with Gasteiger partial charge in [0.1, 0.15) is 11.5 Å². The lowest BCUT2D eigenvalue weighted by Crippen LogP contribution is -2.24. The topological polar surface area (TPSA) is 60.7 Å². The largest absolute Gasteiger partial charge is 0.508 e. The highest BCUT2D eigenvalue weighted by Crippen LogP contribution is 2.27. The van der Waals surface area contributed by atoms with Crippen LogP contribution in [0.5, 0.6) is 11.5 Å². The minimum Gasteiger partial charge on any atom is -0.508 e. The van der Waals surface area contributed by atoms with E-state index >= 15 is 0 Å². The molecule has 1 atom stereocenters. The molecule has 0 spiro atoms. The second-order valence-electron chi connectivity index (χ2n) is 5.63. The molecule has 3 heteroatoms. The van der Waals surface area contributed by atoms with Crippen molar-refractivity contribution in [3.8, 4) is 11.5 Å². The summed E-state index contributed by atoms with van der Waals surface area (Å²) in [5.41, 5.74) is 1.16. The van der Waals surface area contributed by atoms with Crippen LogP contribution < -0.4 is 0 Å². The van der Waals surface area contributed by atoms with Gasteiger partial charge < -0.3 is 15.3 Å². The van der Waals surface area contributed by atoms with E-state index in [0.29, 0.717) is 24.8 Å². The van der Waals surface area contributed by atoms with Crippen molar-refractivity contribution in [1.82, 2.24) is 0 Å². The molecule has 0 amide bonds. The van der Waals surface area contributed by atoms with Gasteiger partial charge in [0.2, 0.25) is 0 Å². The summed E-state index contributed by atoms with van der Waals surface area (Å²) in [6.07, 6.45) is 4.75. The van der Waals surface area contributed by atoms with E-state index in [9.17, 15) is 15.3 Å². The van der Waals surface area contributed by atoms with E-state index in [0.717, 1.165) is 6.42 Å². The summed E-state index contributed by atoms with van der Waals surface area (Å²) in [4.78, 5) is 0. The minimum atomic E-state index is -0.760.